The molecule has 2 aliphatic rings. The van der Waals surface area contributed by atoms with Gasteiger partial charge in [0.05, 0.1) is 0 Å². The standard InChI is InChI=1S/C30H36FN3O.3ClH/c31-28-11-5-4-10-27(28)30(14-6-7-15-30)32-21-25-12-13-29(35)26(20-25)23-34-18-16-33(17-19-34)22-24-8-2-1-3-9-24;;;/h1-5,8-13,20,32,35H,6-7,14-19,21-23H2;3*1H. The number of aromatic hydroxyl groups is 1. The van der Waals surface area contributed by atoms with E-state index in [0.29, 0.717) is 12.3 Å². The molecular formula is C30H39Cl3FN3O. The third kappa shape index (κ3) is 7.84. The smallest absolute Gasteiger partial charge is 0.128 e. The van der Waals surface area contributed by atoms with Crippen molar-refractivity contribution in [3.05, 3.63) is 101 Å². The van der Waals surface area contributed by atoms with Crippen molar-refractivity contribution < 1.29 is 9.50 Å². The van der Waals surface area contributed by atoms with Crippen LogP contribution >= 0.6 is 37.2 Å². The minimum absolute atomic E-state index is 0. The molecule has 1 saturated heterocycles. The van der Waals surface area contributed by atoms with Crippen molar-refractivity contribution in [3.8, 4) is 5.75 Å². The van der Waals surface area contributed by atoms with Crippen LogP contribution in [0.3, 0.4) is 0 Å². The first-order chi connectivity index (χ1) is 17.1. The molecule has 208 valence electrons. The van der Waals surface area contributed by atoms with Gasteiger partial charge in [-0.05, 0) is 42.2 Å². The summed E-state index contributed by atoms with van der Waals surface area (Å²) in [7, 11) is 0. The van der Waals surface area contributed by atoms with Gasteiger partial charge in [-0.1, -0.05) is 67.4 Å². The molecule has 1 heterocycles. The molecular weight excluding hydrogens is 544 g/mol. The number of rotatable bonds is 8. The Hall–Kier alpha value is -1.86. The Morgan fingerprint density at radius 1 is 0.737 bits per heavy atom. The Kier molecular flexibility index (Phi) is 12.8. The Morgan fingerprint density at radius 3 is 2.00 bits per heavy atom. The second kappa shape index (κ2) is 15.1. The zero-order chi connectivity index (χ0) is 24.1. The summed E-state index contributed by atoms with van der Waals surface area (Å²) in [5.41, 5.74) is 3.92. The number of phenols is 1. The minimum atomic E-state index is -0.307. The van der Waals surface area contributed by atoms with Crippen molar-refractivity contribution in [1.29, 1.82) is 0 Å². The van der Waals surface area contributed by atoms with Crippen LogP contribution in [-0.2, 0) is 25.2 Å². The molecule has 2 fully saturated rings. The van der Waals surface area contributed by atoms with E-state index in [4.69, 9.17) is 0 Å². The van der Waals surface area contributed by atoms with Crippen LogP contribution in [0, 0.1) is 5.82 Å². The molecule has 4 nitrogen and oxygen atoms in total. The van der Waals surface area contributed by atoms with Gasteiger partial charge in [0, 0.05) is 62.5 Å². The molecule has 0 spiro atoms. The molecule has 0 aromatic heterocycles. The summed E-state index contributed by atoms with van der Waals surface area (Å²) >= 11 is 0. The predicted octanol–water partition coefficient (Wildman–Crippen LogP) is 6.67. The van der Waals surface area contributed by atoms with Crippen LogP contribution in [0.1, 0.15) is 47.9 Å². The number of nitrogens with zero attached hydrogens (tertiary/aromatic N) is 2. The van der Waals surface area contributed by atoms with Gasteiger partial charge >= 0.3 is 0 Å². The molecule has 1 aliphatic heterocycles. The molecule has 3 aromatic rings. The summed E-state index contributed by atoms with van der Waals surface area (Å²) < 4.78 is 14.7. The van der Waals surface area contributed by atoms with E-state index in [2.05, 4.69) is 51.5 Å². The first kappa shape index (κ1) is 32.4. The van der Waals surface area contributed by atoms with E-state index in [9.17, 15) is 9.50 Å². The zero-order valence-electron chi connectivity index (χ0n) is 21.7. The highest BCUT2D eigenvalue weighted by molar-refractivity contribution is 5.86. The number of piperazine rings is 1. The van der Waals surface area contributed by atoms with Gasteiger partial charge in [0.2, 0.25) is 0 Å². The minimum Gasteiger partial charge on any atom is -0.508 e. The van der Waals surface area contributed by atoms with Gasteiger partial charge < -0.3 is 10.4 Å². The van der Waals surface area contributed by atoms with Gasteiger partial charge in [-0.25, -0.2) is 4.39 Å². The highest BCUT2D eigenvalue weighted by Crippen LogP contribution is 2.40. The van der Waals surface area contributed by atoms with Gasteiger partial charge in [0.25, 0.3) is 0 Å². The molecule has 0 atom stereocenters. The molecule has 5 rings (SSSR count). The van der Waals surface area contributed by atoms with E-state index in [1.54, 1.807) is 12.1 Å². The summed E-state index contributed by atoms with van der Waals surface area (Å²) in [5.74, 6) is 0.227. The quantitative estimate of drug-likeness (QED) is 0.311. The summed E-state index contributed by atoms with van der Waals surface area (Å²) in [6.45, 7) is 6.44. The third-order valence-electron chi connectivity index (χ3n) is 7.73. The molecule has 3 aromatic carbocycles. The third-order valence-corrected chi connectivity index (χ3v) is 7.73. The zero-order valence-corrected chi connectivity index (χ0v) is 24.1. The van der Waals surface area contributed by atoms with E-state index in [0.717, 1.165) is 81.6 Å². The maximum atomic E-state index is 14.7. The number of nitrogens with one attached hydrogen (secondary N) is 1. The van der Waals surface area contributed by atoms with Crippen molar-refractivity contribution in [2.45, 2.75) is 50.9 Å². The Morgan fingerprint density at radius 2 is 1.34 bits per heavy atom. The molecule has 38 heavy (non-hydrogen) atoms. The normalized spacial score (nSPS) is 17.2. The molecule has 0 amide bonds. The molecule has 1 saturated carbocycles. The van der Waals surface area contributed by atoms with E-state index in [1.807, 2.05) is 24.3 Å². The molecule has 0 bridgehead atoms. The van der Waals surface area contributed by atoms with Crippen molar-refractivity contribution in [2.75, 3.05) is 26.2 Å². The van der Waals surface area contributed by atoms with Crippen LogP contribution in [0.25, 0.3) is 0 Å². The number of benzene rings is 3. The number of halogens is 4. The fourth-order valence-electron chi connectivity index (χ4n) is 5.70. The predicted molar refractivity (Wildman–Crippen MR) is 160 cm³/mol. The second-order valence-corrected chi connectivity index (χ2v) is 10.1. The van der Waals surface area contributed by atoms with E-state index in [-0.39, 0.29) is 48.6 Å². The Bertz CT molecular complexity index is 1120. The van der Waals surface area contributed by atoms with Crippen molar-refractivity contribution in [2.24, 2.45) is 0 Å². The lowest BCUT2D eigenvalue weighted by atomic mass is 9.87. The first-order valence-electron chi connectivity index (χ1n) is 12.9. The van der Waals surface area contributed by atoms with Crippen LogP contribution in [-0.4, -0.2) is 41.1 Å². The van der Waals surface area contributed by atoms with Crippen LogP contribution in [0.5, 0.6) is 5.75 Å². The van der Waals surface area contributed by atoms with Crippen molar-refractivity contribution in [3.63, 3.8) is 0 Å². The highest BCUT2D eigenvalue weighted by Gasteiger charge is 2.37. The fourth-order valence-corrected chi connectivity index (χ4v) is 5.70. The average molecular weight is 583 g/mol. The molecule has 8 heteroatoms. The highest BCUT2D eigenvalue weighted by atomic mass is 35.5. The van der Waals surface area contributed by atoms with Gasteiger partial charge in [-0.3, -0.25) is 9.80 Å². The van der Waals surface area contributed by atoms with E-state index < -0.39 is 0 Å². The largest absolute Gasteiger partial charge is 0.508 e. The number of hydrogen-bond acceptors (Lipinski definition) is 4. The maximum absolute atomic E-state index is 14.7. The van der Waals surface area contributed by atoms with Gasteiger partial charge in [0.15, 0.2) is 0 Å². The fraction of sp³-hybridized carbons (Fsp3) is 0.400. The summed E-state index contributed by atoms with van der Waals surface area (Å²) in [5, 5.41) is 14.3. The first-order valence-corrected chi connectivity index (χ1v) is 12.9. The van der Waals surface area contributed by atoms with E-state index in [1.165, 1.54) is 5.56 Å². The van der Waals surface area contributed by atoms with Crippen LogP contribution in [0.4, 0.5) is 4.39 Å². The summed E-state index contributed by atoms with van der Waals surface area (Å²) in [4.78, 5) is 4.92. The van der Waals surface area contributed by atoms with E-state index >= 15 is 0 Å². The van der Waals surface area contributed by atoms with Crippen molar-refractivity contribution >= 4 is 37.2 Å². The van der Waals surface area contributed by atoms with Crippen molar-refractivity contribution in [1.82, 2.24) is 15.1 Å². The van der Waals surface area contributed by atoms with Crippen LogP contribution < -0.4 is 5.32 Å². The summed E-state index contributed by atoms with van der Waals surface area (Å²) in [6, 6.07) is 23.7. The lowest BCUT2D eigenvalue weighted by Crippen LogP contribution is -2.45. The topological polar surface area (TPSA) is 38.7 Å². The Balaban J connectivity index is 0.00000169. The SMILES string of the molecule is Cl.Cl.Cl.Oc1ccc(CNC2(c3ccccc3F)CCCC2)cc1CN1CCN(Cc2ccccc2)CC1. The molecule has 1 aliphatic carbocycles. The monoisotopic (exact) mass is 581 g/mol. The average Bonchev–Trinajstić information content (AvgIpc) is 3.36. The lowest BCUT2D eigenvalue weighted by molar-refractivity contribution is 0.121. The number of phenolic OH excluding ortho intramolecular Hbond substituents is 1. The summed E-state index contributed by atoms with van der Waals surface area (Å²) in [6.07, 6.45) is 4.12. The van der Waals surface area contributed by atoms with Crippen LogP contribution in [0.15, 0.2) is 72.8 Å². The maximum Gasteiger partial charge on any atom is 0.128 e. The second-order valence-electron chi connectivity index (χ2n) is 10.1. The molecule has 2 N–H and O–H groups in total. The molecule has 0 unspecified atom stereocenters. The molecule has 0 radical (unpaired) electrons. The lowest BCUT2D eigenvalue weighted by Gasteiger charge is -2.35. The van der Waals surface area contributed by atoms with Gasteiger partial charge in [0.1, 0.15) is 11.6 Å². The van der Waals surface area contributed by atoms with Gasteiger partial charge in [-0.2, -0.15) is 0 Å². The van der Waals surface area contributed by atoms with Gasteiger partial charge in [-0.15, -0.1) is 37.2 Å². The number of hydrogen-bond donors (Lipinski definition) is 2. The van der Waals surface area contributed by atoms with Crippen LogP contribution in [0.2, 0.25) is 0 Å². The Labute approximate surface area is 244 Å².